The van der Waals surface area contributed by atoms with Crippen molar-refractivity contribution in [2.24, 2.45) is 0 Å². The molecule has 1 aromatic carbocycles. The molecule has 1 aliphatic carbocycles. The Hall–Kier alpha value is -1.17. The van der Waals surface area contributed by atoms with Crippen LogP contribution in [-0.2, 0) is 15.4 Å². The first-order valence-electron chi connectivity index (χ1n) is 6.64. The maximum atomic E-state index is 12.3. The van der Waals surface area contributed by atoms with Crippen LogP contribution in [0.5, 0.6) is 0 Å². The van der Waals surface area contributed by atoms with E-state index in [2.05, 4.69) is 16.9 Å². The van der Waals surface area contributed by atoms with Crippen LogP contribution >= 0.6 is 11.3 Å². The zero-order valence-corrected chi connectivity index (χ0v) is 12.9. The third-order valence-corrected chi connectivity index (χ3v) is 6.71. The molecular formula is C15H17NO2S2. The maximum Gasteiger partial charge on any atom is 0.250 e. The molecule has 1 heterocycles. The third kappa shape index (κ3) is 2.66. The minimum atomic E-state index is -3.37. The highest BCUT2D eigenvalue weighted by molar-refractivity contribution is 7.91. The SMILES string of the molecule is Cc1ccc(S(=O)(=O)NCC2(c3ccccc3)CC2)s1. The summed E-state index contributed by atoms with van der Waals surface area (Å²) in [6.07, 6.45) is 2.09. The van der Waals surface area contributed by atoms with Crippen LogP contribution in [-0.4, -0.2) is 15.0 Å². The molecule has 1 saturated carbocycles. The van der Waals surface area contributed by atoms with Crippen molar-refractivity contribution in [1.29, 1.82) is 0 Å². The third-order valence-electron chi connectivity index (χ3n) is 3.82. The van der Waals surface area contributed by atoms with Gasteiger partial charge in [0, 0.05) is 16.8 Å². The highest BCUT2D eigenvalue weighted by atomic mass is 32.2. The average Bonchev–Trinajstić information content (AvgIpc) is 3.12. The van der Waals surface area contributed by atoms with E-state index in [4.69, 9.17) is 0 Å². The Balaban J connectivity index is 1.74. The quantitative estimate of drug-likeness (QED) is 0.923. The standard InChI is InChI=1S/C15H17NO2S2/c1-12-7-8-14(19-12)20(17,18)16-11-15(9-10-15)13-5-3-2-4-6-13/h2-8,16H,9-11H2,1H3. The fourth-order valence-corrected chi connectivity index (χ4v) is 4.83. The maximum absolute atomic E-state index is 12.3. The van der Waals surface area contributed by atoms with Crippen molar-refractivity contribution in [2.75, 3.05) is 6.54 Å². The number of aryl methyl sites for hydroxylation is 1. The summed E-state index contributed by atoms with van der Waals surface area (Å²) in [7, 11) is -3.37. The Bertz CT molecular complexity index is 700. The topological polar surface area (TPSA) is 46.2 Å². The normalized spacial score (nSPS) is 17.1. The fourth-order valence-electron chi connectivity index (χ4n) is 2.37. The Kier molecular flexibility index (Phi) is 3.44. The van der Waals surface area contributed by atoms with Gasteiger partial charge in [-0.2, -0.15) is 0 Å². The predicted octanol–water partition coefficient (Wildman–Crippen LogP) is 3.07. The molecule has 106 valence electrons. The van der Waals surface area contributed by atoms with Crippen LogP contribution in [0.4, 0.5) is 0 Å². The van der Waals surface area contributed by atoms with Gasteiger partial charge in [0.1, 0.15) is 4.21 Å². The summed E-state index contributed by atoms with van der Waals surface area (Å²) < 4.78 is 27.7. The van der Waals surface area contributed by atoms with E-state index >= 15 is 0 Å². The molecule has 1 N–H and O–H groups in total. The molecule has 0 bridgehead atoms. The molecular weight excluding hydrogens is 290 g/mol. The summed E-state index contributed by atoms with van der Waals surface area (Å²) in [4.78, 5) is 1.01. The Morgan fingerprint density at radius 1 is 1.15 bits per heavy atom. The molecule has 20 heavy (non-hydrogen) atoms. The van der Waals surface area contributed by atoms with E-state index in [0.29, 0.717) is 10.8 Å². The summed E-state index contributed by atoms with van der Waals surface area (Å²) in [6, 6.07) is 13.7. The lowest BCUT2D eigenvalue weighted by atomic mass is 9.96. The van der Waals surface area contributed by atoms with Gasteiger partial charge in [0.2, 0.25) is 10.0 Å². The van der Waals surface area contributed by atoms with Crippen molar-refractivity contribution < 1.29 is 8.42 Å². The average molecular weight is 307 g/mol. The van der Waals surface area contributed by atoms with Gasteiger partial charge < -0.3 is 0 Å². The van der Waals surface area contributed by atoms with Crippen LogP contribution in [0.1, 0.15) is 23.3 Å². The first-order chi connectivity index (χ1) is 9.52. The first kappa shape index (κ1) is 13.8. The lowest BCUT2D eigenvalue weighted by molar-refractivity contribution is 0.569. The lowest BCUT2D eigenvalue weighted by Crippen LogP contribution is -2.31. The highest BCUT2D eigenvalue weighted by Gasteiger charge is 2.44. The molecule has 0 atom stereocenters. The second kappa shape index (κ2) is 4.98. The van der Waals surface area contributed by atoms with E-state index in [1.165, 1.54) is 16.9 Å². The predicted molar refractivity (Wildman–Crippen MR) is 81.6 cm³/mol. The van der Waals surface area contributed by atoms with Gasteiger partial charge in [0.15, 0.2) is 0 Å². The van der Waals surface area contributed by atoms with Crippen molar-refractivity contribution in [3.63, 3.8) is 0 Å². The number of benzene rings is 1. The van der Waals surface area contributed by atoms with Crippen LogP contribution < -0.4 is 4.72 Å². The minimum Gasteiger partial charge on any atom is -0.210 e. The number of thiophene rings is 1. The van der Waals surface area contributed by atoms with E-state index in [1.54, 1.807) is 6.07 Å². The molecule has 0 aliphatic heterocycles. The fraction of sp³-hybridized carbons (Fsp3) is 0.333. The molecule has 3 rings (SSSR count). The van der Waals surface area contributed by atoms with E-state index in [9.17, 15) is 8.42 Å². The van der Waals surface area contributed by atoms with E-state index in [1.807, 2.05) is 31.2 Å². The number of rotatable bonds is 5. The Morgan fingerprint density at radius 3 is 2.40 bits per heavy atom. The van der Waals surface area contributed by atoms with Crippen LogP contribution in [0.2, 0.25) is 0 Å². The summed E-state index contributed by atoms with van der Waals surface area (Å²) in [5, 5.41) is 0. The molecule has 0 spiro atoms. The molecule has 1 aliphatic rings. The molecule has 0 radical (unpaired) electrons. The van der Waals surface area contributed by atoms with Gasteiger partial charge in [-0.1, -0.05) is 30.3 Å². The first-order valence-corrected chi connectivity index (χ1v) is 8.94. The number of nitrogens with one attached hydrogen (secondary N) is 1. The van der Waals surface area contributed by atoms with Crippen molar-refractivity contribution in [1.82, 2.24) is 4.72 Å². The summed E-state index contributed by atoms with van der Waals surface area (Å²) in [5.74, 6) is 0. The molecule has 1 fully saturated rings. The van der Waals surface area contributed by atoms with Gasteiger partial charge in [0.05, 0.1) is 0 Å². The van der Waals surface area contributed by atoms with Crippen LogP contribution in [0.15, 0.2) is 46.7 Å². The van der Waals surface area contributed by atoms with Gasteiger partial charge in [-0.05, 0) is 37.5 Å². The molecule has 0 saturated heterocycles. The minimum absolute atomic E-state index is 0.000629. The van der Waals surface area contributed by atoms with Gasteiger partial charge in [0.25, 0.3) is 0 Å². The smallest absolute Gasteiger partial charge is 0.210 e. The second-order valence-corrected chi connectivity index (χ2v) is 8.62. The largest absolute Gasteiger partial charge is 0.250 e. The molecule has 3 nitrogen and oxygen atoms in total. The second-order valence-electron chi connectivity index (χ2n) is 5.34. The van der Waals surface area contributed by atoms with Gasteiger partial charge in [-0.25, -0.2) is 13.1 Å². The molecule has 5 heteroatoms. The van der Waals surface area contributed by atoms with Gasteiger partial charge in [-0.3, -0.25) is 0 Å². The van der Waals surface area contributed by atoms with Gasteiger partial charge >= 0.3 is 0 Å². The Morgan fingerprint density at radius 2 is 1.85 bits per heavy atom. The van der Waals surface area contributed by atoms with E-state index < -0.39 is 10.0 Å². The van der Waals surface area contributed by atoms with Crippen molar-refractivity contribution in [3.05, 3.63) is 52.9 Å². The van der Waals surface area contributed by atoms with Crippen LogP contribution in [0.3, 0.4) is 0 Å². The zero-order valence-electron chi connectivity index (χ0n) is 11.3. The summed E-state index contributed by atoms with van der Waals surface area (Å²) in [5.41, 5.74) is 1.23. The molecule has 0 amide bonds. The molecule has 0 unspecified atom stereocenters. The van der Waals surface area contributed by atoms with E-state index in [-0.39, 0.29) is 5.41 Å². The number of hydrogen-bond acceptors (Lipinski definition) is 3. The lowest BCUT2D eigenvalue weighted by Gasteiger charge is -2.16. The summed E-state index contributed by atoms with van der Waals surface area (Å²) >= 11 is 1.31. The Labute approximate surface area is 123 Å². The summed E-state index contributed by atoms with van der Waals surface area (Å²) in [6.45, 7) is 2.40. The van der Waals surface area contributed by atoms with Crippen molar-refractivity contribution in [2.45, 2.75) is 29.4 Å². The van der Waals surface area contributed by atoms with Gasteiger partial charge in [-0.15, -0.1) is 11.3 Å². The molecule has 1 aromatic heterocycles. The number of hydrogen-bond donors (Lipinski definition) is 1. The highest BCUT2D eigenvalue weighted by Crippen LogP contribution is 2.47. The van der Waals surface area contributed by atoms with Crippen molar-refractivity contribution >= 4 is 21.4 Å². The number of sulfonamides is 1. The zero-order chi connectivity index (χ0) is 14.2. The van der Waals surface area contributed by atoms with Crippen LogP contribution in [0, 0.1) is 6.92 Å². The molecule has 2 aromatic rings. The van der Waals surface area contributed by atoms with E-state index in [0.717, 1.165) is 17.7 Å². The van der Waals surface area contributed by atoms with Crippen LogP contribution in [0.25, 0.3) is 0 Å². The monoisotopic (exact) mass is 307 g/mol. The van der Waals surface area contributed by atoms with Crippen molar-refractivity contribution in [3.8, 4) is 0 Å².